The summed E-state index contributed by atoms with van der Waals surface area (Å²) in [6.07, 6.45) is 1.68. The van der Waals surface area contributed by atoms with E-state index in [2.05, 4.69) is 5.43 Å². The molecule has 2 aromatic rings. The molecule has 2 rings (SSSR count). The van der Waals surface area contributed by atoms with E-state index in [1.165, 1.54) is 0 Å². The highest BCUT2D eigenvalue weighted by Gasteiger charge is 2.19. The topological polar surface area (TPSA) is 28.4 Å². The Morgan fingerprint density at radius 2 is 2.19 bits per heavy atom. The van der Waals surface area contributed by atoms with E-state index in [9.17, 15) is 0 Å². The summed E-state index contributed by atoms with van der Waals surface area (Å²) in [5.41, 5.74) is 3.30. The fraction of sp³-hybridized carbons (Fsp3) is 0.273. The van der Waals surface area contributed by atoms with Crippen molar-refractivity contribution in [3.63, 3.8) is 0 Å². The molecule has 5 heteroatoms. The summed E-state index contributed by atoms with van der Waals surface area (Å²) >= 11 is 7.50. The number of hydrazine groups is 1. The molecule has 0 aromatic carbocycles. The first kappa shape index (κ1) is 11.7. The molecule has 3 nitrogen and oxygen atoms in total. The van der Waals surface area contributed by atoms with Crippen LogP contribution in [0.4, 0.5) is 0 Å². The van der Waals surface area contributed by atoms with E-state index in [-0.39, 0.29) is 6.04 Å². The molecule has 0 amide bonds. The second-order valence-corrected chi connectivity index (χ2v) is 5.36. The summed E-state index contributed by atoms with van der Waals surface area (Å²) < 4.78 is 6.22. The van der Waals surface area contributed by atoms with Crippen molar-refractivity contribution in [1.82, 2.24) is 10.4 Å². The van der Waals surface area contributed by atoms with Gasteiger partial charge in [-0.2, -0.15) is 0 Å². The first-order valence-electron chi connectivity index (χ1n) is 4.89. The van der Waals surface area contributed by atoms with Gasteiger partial charge >= 0.3 is 0 Å². The van der Waals surface area contributed by atoms with Gasteiger partial charge in [0.05, 0.1) is 10.6 Å². The van der Waals surface area contributed by atoms with Gasteiger partial charge in [0.15, 0.2) is 0 Å². The molecule has 0 saturated carbocycles. The minimum atomic E-state index is 0.0162. The van der Waals surface area contributed by atoms with E-state index in [0.717, 1.165) is 15.0 Å². The summed E-state index contributed by atoms with van der Waals surface area (Å²) in [6.45, 7) is 0. The normalized spacial score (nSPS) is 13.2. The number of halogens is 1. The number of nitrogens with zero attached hydrogens (tertiary/aromatic N) is 1. The maximum atomic E-state index is 5.95. The fourth-order valence-electron chi connectivity index (χ4n) is 1.46. The van der Waals surface area contributed by atoms with Gasteiger partial charge in [0.1, 0.15) is 11.8 Å². The third-order valence-electron chi connectivity index (χ3n) is 2.09. The smallest absolute Gasteiger partial charge is 0.127 e. The van der Waals surface area contributed by atoms with E-state index in [1.807, 2.05) is 43.4 Å². The Kier molecular flexibility index (Phi) is 3.66. The van der Waals surface area contributed by atoms with Crippen molar-refractivity contribution in [2.45, 2.75) is 6.04 Å². The molecule has 0 aliphatic carbocycles. The van der Waals surface area contributed by atoms with Crippen molar-refractivity contribution in [2.75, 3.05) is 14.1 Å². The van der Waals surface area contributed by atoms with Gasteiger partial charge in [0.25, 0.3) is 0 Å². The summed E-state index contributed by atoms with van der Waals surface area (Å²) in [5, 5.41) is 1.90. The van der Waals surface area contributed by atoms with Crippen LogP contribution in [0.5, 0.6) is 0 Å². The fourth-order valence-corrected chi connectivity index (χ4v) is 2.58. The largest absolute Gasteiger partial charge is 0.467 e. The molecule has 1 N–H and O–H groups in total. The minimum absolute atomic E-state index is 0.0162. The highest BCUT2D eigenvalue weighted by Crippen LogP contribution is 2.31. The molecule has 1 unspecified atom stereocenters. The van der Waals surface area contributed by atoms with Crippen molar-refractivity contribution in [3.8, 4) is 0 Å². The van der Waals surface area contributed by atoms with Gasteiger partial charge in [-0.1, -0.05) is 11.6 Å². The Morgan fingerprint density at radius 1 is 1.38 bits per heavy atom. The van der Waals surface area contributed by atoms with Gasteiger partial charge in [0, 0.05) is 19.0 Å². The third-order valence-corrected chi connectivity index (χ3v) is 3.39. The SMILES string of the molecule is CN(C)NC(c1ccco1)c1ccc(Cl)s1. The predicted molar refractivity (Wildman–Crippen MR) is 66.7 cm³/mol. The Hall–Kier alpha value is -0.810. The van der Waals surface area contributed by atoms with E-state index in [1.54, 1.807) is 17.6 Å². The molecule has 2 aromatic heterocycles. The molecule has 16 heavy (non-hydrogen) atoms. The highest BCUT2D eigenvalue weighted by atomic mass is 35.5. The number of rotatable bonds is 4. The quantitative estimate of drug-likeness (QED) is 0.852. The number of thiophene rings is 1. The van der Waals surface area contributed by atoms with E-state index < -0.39 is 0 Å². The average molecular weight is 257 g/mol. The summed E-state index contributed by atoms with van der Waals surface area (Å²) in [5.74, 6) is 0.882. The van der Waals surface area contributed by atoms with Crippen molar-refractivity contribution in [1.29, 1.82) is 0 Å². The van der Waals surface area contributed by atoms with Crippen molar-refractivity contribution >= 4 is 22.9 Å². The highest BCUT2D eigenvalue weighted by molar-refractivity contribution is 7.16. The lowest BCUT2D eigenvalue weighted by molar-refractivity contribution is 0.246. The molecule has 0 radical (unpaired) electrons. The Bertz CT molecular complexity index is 439. The van der Waals surface area contributed by atoms with E-state index >= 15 is 0 Å². The standard InChI is InChI=1S/C11H13ClN2OS/c1-14(2)13-11(8-4-3-7-15-8)9-5-6-10(12)16-9/h3-7,11,13H,1-2H3. The summed E-state index contributed by atoms with van der Waals surface area (Å²) in [6, 6.07) is 7.76. The zero-order valence-corrected chi connectivity index (χ0v) is 10.7. The average Bonchev–Trinajstić information content (AvgIpc) is 2.84. The molecule has 0 aliphatic heterocycles. The monoisotopic (exact) mass is 256 g/mol. The molecule has 0 saturated heterocycles. The van der Waals surface area contributed by atoms with E-state index in [0.29, 0.717) is 0 Å². The van der Waals surface area contributed by atoms with Crippen LogP contribution in [-0.2, 0) is 0 Å². The van der Waals surface area contributed by atoms with Crippen LogP contribution in [0.25, 0.3) is 0 Å². The molecule has 0 fully saturated rings. The summed E-state index contributed by atoms with van der Waals surface area (Å²) in [4.78, 5) is 1.13. The molecule has 0 bridgehead atoms. The van der Waals surface area contributed by atoms with Crippen LogP contribution in [0, 0.1) is 0 Å². The van der Waals surface area contributed by atoms with Crippen molar-refractivity contribution < 1.29 is 4.42 Å². The van der Waals surface area contributed by atoms with Crippen LogP contribution >= 0.6 is 22.9 Å². The number of nitrogens with one attached hydrogen (secondary N) is 1. The van der Waals surface area contributed by atoms with Gasteiger partial charge in [-0.15, -0.1) is 11.3 Å². The second kappa shape index (κ2) is 5.01. The van der Waals surface area contributed by atoms with Crippen molar-refractivity contribution in [2.24, 2.45) is 0 Å². The third kappa shape index (κ3) is 2.65. The van der Waals surface area contributed by atoms with Gasteiger partial charge < -0.3 is 4.42 Å². The second-order valence-electron chi connectivity index (χ2n) is 3.61. The van der Waals surface area contributed by atoms with Gasteiger partial charge in [-0.25, -0.2) is 10.4 Å². The Balaban J connectivity index is 2.28. The Labute approximate surface area is 104 Å². The maximum Gasteiger partial charge on any atom is 0.127 e. The molecule has 0 spiro atoms. The van der Waals surface area contributed by atoms with Crippen LogP contribution < -0.4 is 5.43 Å². The van der Waals surface area contributed by atoms with E-state index in [4.69, 9.17) is 16.0 Å². The molecule has 0 aliphatic rings. The maximum absolute atomic E-state index is 5.95. The lowest BCUT2D eigenvalue weighted by Crippen LogP contribution is -2.34. The van der Waals surface area contributed by atoms with Crippen LogP contribution in [0.1, 0.15) is 16.7 Å². The number of hydrogen-bond acceptors (Lipinski definition) is 4. The predicted octanol–water partition coefficient (Wildman–Crippen LogP) is 3.15. The first-order chi connectivity index (χ1) is 7.66. The van der Waals surface area contributed by atoms with Gasteiger partial charge in [-0.3, -0.25) is 0 Å². The molecular formula is C11H13ClN2OS. The lowest BCUT2D eigenvalue weighted by Gasteiger charge is -2.20. The minimum Gasteiger partial charge on any atom is -0.467 e. The van der Waals surface area contributed by atoms with Gasteiger partial charge in [0.2, 0.25) is 0 Å². The zero-order chi connectivity index (χ0) is 11.5. The molecule has 86 valence electrons. The van der Waals surface area contributed by atoms with Crippen molar-refractivity contribution in [3.05, 3.63) is 45.5 Å². The Morgan fingerprint density at radius 3 is 2.69 bits per heavy atom. The van der Waals surface area contributed by atoms with Crippen LogP contribution in [-0.4, -0.2) is 19.1 Å². The lowest BCUT2D eigenvalue weighted by atomic mass is 10.2. The molecule has 2 heterocycles. The van der Waals surface area contributed by atoms with Crippen LogP contribution in [0.2, 0.25) is 4.34 Å². The zero-order valence-electron chi connectivity index (χ0n) is 9.11. The number of hydrogen-bond donors (Lipinski definition) is 1. The first-order valence-corrected chi connectivity index (χ1v) is 6.08. The van der Waals surface area contributed by atoms with Gasteiger partial charge in [-0.05, 0) is 24.3 Å². The molecule has 1 atom stereocenters. The summed E-state index contributed by atoms with van der Waals surface area (Å²) in [7, 11) is 3.90. The van der Waals surface area contributed by atoms with Crippen LogP contribution in [0.15, 0.2) is 34.9 Å². The van der Waals surface area contributed by atoms with Crippen LogP contribution in [0.3, 0.4) is 0 Å². The number of furan rings is 1. The molecular weight excluding hydrogens is 244 g/mol.